The Hall–Kier alpha value is -3.29. The van der Waals surface area contributed by atoms with Crippen molar-refractivity contribution in [3.63, 3.8) is 0 Å². The van der Waals surface area contributed by atoms with Gasteiger partial charge in [-0.3, -0.25) is 9.59 Å². The number of nitrogens with zero attached hydrogens (tertiary/aromatic N) is 1. The molecular weight excluding hydrogens is 465 g/mol. The highest BCUT2D eigenvalue weighted by Gasteiger charge is 2.36. The number of imide groups is 1. The van der Waals surface area contributed by atoms with Gasteiger partial charge in [0.15, 0.2) is 11.5 Å². The summed E-state index contributed by atoms with van der Waals surface area (Å²) in [6.45, 7) is 2.14. The van der Waals surface area contributed by atoms with Gasteiger partial charge in [-0.25, -0.2) is 9.29 Å². The first-order valence-corrected chi connectivity index (χ1v) is 11.3. The molecule has 5 nitrogen and oxygen atoms in total. The molecular formula is C25H19ClFNO4S. The van der Waals surface area contributed by atoms with Crippen molar-refractivity contribution in [3.8, 4) is 11.5 Å². The number of carbonyl (C=O) groups excluding carboxylic acids is 2. The summed E-state index contributed by atoms with van der Waals surface area (Å²) in [7, 11) is 0. The van der Waals surface area contributed by atoms with Crippen LogP contribution in [0.15, 0.2) is 71.6 Å². The standard InChI is InChI=1S/C25H19ClFNO4S/c1-2-31-22-13-16(11-12-21(22)32-15-18-19(26)9-6-10-20(18)27)14-23-24(29)28(25(30)33-23)17-7-4-3-5-8-17/h3-14H,2,15H2,1H3/b23-14+. The number of halogens is 2. The minimum atomic E-state index is -0.453. The van der Waals surface area contributed by atoms with Gasteiger partial charge in [0.05, 0.1) is 22.2 Å². The summed E-state index contributed by atoms with van der Waals surface area (Å²) >= 11 is 6.95. The maximum atomic E-state index is 14.0. The van der Waals surface area contributed by atoms with Crippen LogP contribution in [0.25, 0.3) is 6.08 Å². The summed E-state index contributed by atoms with van der Waals surface area (Å²) in [5, 5.41) is -0.0806. The normalized spacial score (nSPS) is 14.8. The number of amides is 2. The number of benzene rings is 3. The van der Waals surface area contributed by atoms with Crippen molar-refractivity contribution in [2.45, 2.75) is 13.5 Å². The molecule has 0 aliphatic carbocycles. The topological polar surface area (TPSA) is 55.8 Å². The van der Waals surface area contributed by atoms with E-state index in [0.29, 0.717) is 34.3 Å². The molecule has 33 heavy (non-hydrogen) atoms. The molecule has 0 radical (unpaired) electrons. The highest BCUT2D eigenvalue weighted by molar-refractivity contribution is 8.19. The van der Waals surface area contributed by atoms with Crippen LogP contribution in [-0.4, -0.2) is 17.8 Å². The molecule has 0 unspecified atom stereocenters. The molecule has 1 aliphatic rings. The smallest absolute Gasteiger partial charge is 0.298 e. The number of para-hydroxylation sites is 1. The highest BCUT2D eigenvalue weighted by atomic mass is 35.5. The number of anilines is 1. The Morgan fingerprint density at radius 1 is 1.00 bits per heavy atom. The van der Waals surface area contributed by atoms with Crippen LogP contribution in [-0.2, 0) is 11.4 Å². The number of hydrogen-bond donors (Lipinski definition) is 0. The molecule has 0 bridgehead atoms. The molecule has 0 aromatic heterocycles. The van der Waals surface area contributed by atoms with Gasteiger partial charge in [0.1, 0.15) is 12.4 Å². The van der Waals surface area contributed by atoms with Crippen LogP contribution >= 0.6 is 23.4 Å². The average Bonchev–Trinajstić information content (AvgIpc) is 3.08. The van der Waals surface area contributed by atoms with Gasteiger partial charge in [-0.1, -0.05) is 41.9 Å². The number of rotatable bonds is 7. The van der Waals surface area contributed by atoms with Crippen molar-refractivity contribution in [2.24, 2.45) is 0 Å². The van der Waals surface area contributed by atoms with Crippen LogP contribution in [0.5, 0.6) is 11.5 Å². The first kappa shape index (κ1) is 22.9. The summed E-state index contributed by atoms with van der Waals surface area (Å²) in [5.41, 5.74) is 1.43. The quantitative estimate of drug-likeness (QED) is 0.350. The molecule has 0 atom stereocenters. The van der Waals surface area contributed by atoms with Crippen molar-refractivity contribution in [1.82, 2.24) is 0 Å². The monoisotopic (exact) mass is 483 g/mol. The van der Waals surface area contributed by atoms with Crippen molar-refractivity contribution < 1.29 is 23.5 Å². The molecule has 0 spiro atoms. The van der Waals surface area contributed by atoms with E-state index in [1.807, 2.05) is 13.0 Å². The molecule has 4 rings (SSSR count). The summed E-state index contributed by atoms with van der Waals surface area (Å²) in [5.74, 6) is 0.00149. The lowest BCUT2D eigenvalue weighted by Crippen LogP contribution is -2.27. The largest absolute Gasteiger partial charge is 0.490 e. The number of thioether (sulfide) groups is 1. The molecule has 8 heteroatoms. The number of ether oxygens (including phenoxy) is 2. The Bertz CT molecular complexity index is 1210. The van der Waals surface area contributed by atoms with Gasteiger partial charge in [0.2, 0.25) is 0 Å². The van der Waals surface area contributed by atoms with E-state index in [1.54, 1.807) is 54.6 Å². The third kappa shape index (κ3) is 5.05. The second-order valence-electron chi connectivity index (χ2n) is 6.98. The summed E-state index contributed by atoms with van der Waals surface area (Å²) in [6, 6.07) is 18.3. The van der Waals surface area contributed by atoms with E-state index < -0.39 is 5.82 Å². The molecule has 0 saturated carbocycles. The molecule has 1 saturated heterocycles. The van der Waals surface area contributed by atoms with Crippen LogP contribution in [0.4, 0.5) is 14.9 Å². The lowest BCUT2D eigenvalue weighted by molar-refractivity contribution is -0.113. The van der Waals surface area contributed by atoms with E-state index in [0.717, 1.165) is 16.7 Å². The van der Waals surface area contributed by atoms with Crippen LogP contribution in [0.3, 0.4) is 0 Å². The Labute approximate surface area is 199 Å². The lowest BCUT2D eigenvalue weighted by atomic mass is 10.1. The second-order valence-corrected chi connectivity index (χ2v) is 8.38. The Morgan fingerprint density at radius 2 is 1.79 bits per heavy atom. The predicted molar refractivity (Wildman–Crippen MR) is 128 cm³/mol. The van der Waals surface area contributed by atoms with E-state index in [4.69, 9.17) is 21.1 Å². The molecule has 1 fully saturated rings. The fourth-order valence-electron chi connectivity index (χ4n) is 3.24. The maximum Gasteiger partial charge on any atom is 0.298 e. The Kier molecular flexibility index (Phi) is 7.01. The van der Waals surface area contributed by atoms with E-state index >= 15 is 0 Å². The minimum absolute atomic E-state index is 0.0686. The first-order chi connectivity index (χ1) is 16.0. The third-order valence-corrected chi connectivity index (χ3v) is 6.03. The molecule has 3 aromatic carbocycles. The number of carbonyl (C=O) groups is 2. The average molecular weight is 484 g/mol. The minimum Gasteiger partial charge on any atom is -0.490 e. The summed E-state index contributed by atoms with van der Waals surface area (Å²) < 4.78 is 25.5. The van der Waals surface area contributed by atoms with Crippen molar-refractivity contribution >= 4 is 46.3 Å². The summed E-state index contributed by atoms with van der Waals surface area (Å²) in [6.07, 6.45) is 1.63. The van der Waals surface area contributed by atoms with Crippen molar-refractivity contribution in [1.29, 1.82) is 0 Å². The van der Waals surface area contributed by atoms with Gasteiger partial charge < -0.3 is 9.47 Å². The van der Waals surface area contributed by atoms with Crippen LogP contribution < -0.4 is 14.4 Å². The first-order valence-electron chi connectivity index (χ1n) is 10.1. The van der Waals surface area contributed by atoms with Gasteiger partial charge in [0.25, 0.3) is 11.1 Å². The molecule has 168 valence electrons. The maximum absolute atomic E-state index is 14.0. The molecule has 1 aliphatic heterocycles. The SMILES string of the molecule is CCOc1cc(/C=C2/SC(=O)N(c3ccccc3)C2=O)ccc1OCc1c(F)cccc1Cl. The molecule has 3 aromatic rings. The second kappa shape index (κ2) is 10.1. The van der Waals surface area contributed by atoms with Crippen molar-refractivity contribution in [2.75, 3.05) is 11.5 Å². The van der Waals surface area contributed by atoms with E-state index in [1.165, 1.54) is 12.1 Å². The Balaban J connectivity index is 1.57. The van der Waals surface area contributed by atoms with E-state index in [-0.39, 0.29) is 28.3 Å². The van der Waals surface area contributed by atoms with Crippen LogP contribution in [0.1, 0.15) is 18.1 Å². The van der Waals surface area contributed by atoms with Crippen LogP contribution in [0, 0.1) is 5.82 Å². The fourth-order valence-corrected chi connectivity index (χ4v) is 4.30. The van der Waals surface area contributed by atoms with Crippen molar-refractivity contribution in [3.05, 3.63) is 93.6 Å². The zero-order valence-electron chi connectivity index (χ0n) is 17.6. The van der Waals surface area contributed by atoms with E-state index in [2.05, 4.69) is 0 Å². The highest BCUT2D eigenvalue weighted by Crippen LogP contribution is 2.37. The molecule has 2 amide bonds. The van der Waals surface area contributed by atoms with Gasteiger partial charge >= 0.3 is 0 Å². The van der Waals surface area contributed by atoms with Gasteiger partial charge in [-0.2, -0.15) is 0 Å². The predicted octanol–water partition coefficient (Wildman–Crippen LogP) is 6.70. The van der Waals surface area contributed by atoms with Gasteiger partial charge in [-0.05, 0) is 66.7 Å². The summed E-state index contributed by atoms with van der Waals surface area (Å²) in [4.78, 5) is 26.7. The molecule has 1 heterocycles. The van der Waals surface area contributed by atoms with Gasteiger partial charge in [-0.15, -0.1) is 0 Å². The number of hydrogen-bond acceptors (Lipinski definition) is 5. The third-order valence-electron chi connectivity index (χ3n) is 4.81. The zero-order chi connectivity index (χ0) is 23.4. The fraction of sp³-hybridized carbons (Fsp3) is 0.120. The van der Waals surface area contributed by atoms with E-state index in [9.17, 15) is 14.0 Å². The van der Waals surface area contributed by atoms with Crippen LogP contribution in [0.2, 0.25) is 5.02 Å². The lowest BCUT2D eigenvalue weighted by Gasteiger charge is -2.14. The Morgan fingerprint density at radius 3 is 2.52 bits per heavy atom. The molecule has 0 N–H and O–H groups in total. The zero-order valence-corrected chi connectivity index (χ0v) is 19.2. The van der Waals surface area contributed by atoms with Gasteiger partial charge in [0, 0.05) is 5.56 Å².